The first-order valence-corrected chi connectivity index (χ1v) is 4.30. The molecule has 0 spiro atoms. The van der Waals surface area contributed by atoms with Crippen molar-refractivity contribution in [3.63, 3.8) is 0 Å². The minimum absolute atomic E-state index is 0.218. The maximum absolute atomic E-state index is 10.9. The molecule has 0 radical (unpaired) electrons. The summed E-state index contributed by atoms with van der Waals surface area (Å²) in [5.41, 5.74) is 6.02. The lowest BCUT2D eigenvalue weighted by Gasteiger charge is -2.19. The summed E-state index contributed by atoms with van der Waals surface area (Å²) < 4.78 is 0. The van der Waals surface area contributed by atoms with Crippen LogP contribution in [0.1, 0.15) is 40.0 Å². The van der Waals surface area contributed by atoms with Crippen LogP contribution >= 0.6 is 0 Å². The van der Waals surface area contributed by atoms with Gasteiger partial charge in [-0.1, -0.05) is 19.4 Å². The third kappa shape index (κ3) is 4.16. The molecule has 0 heterocycles. The average Bonchev–Trinajstić information content (AvgIpc) is 1.85. The molecule has 0 unspecified atom stereocenters. The van der Waals surface area contributed by atoms with Gasteiger partial charge in [0, 0.05) is 5.41 Å². The van der Waals surface area contributed by atoms with Gasteiger partial charge in [-0.3, -0.25) is 4.79 Å². The fraction of sp³-hybridized carbons (Fsp3) is 0.700. The van der Waals surface area contributed by atoms with Crippen molar-refractivity contribution in [2.75, 3.05) is 0 Å². The second-order valence-electron chi connectivity index (χ2n) is 4.06. The van der Waals surface area contributed by atoms with Crippen molar-refractivity contribution in [2.24, 2.45) is 11.1 Å². The molecule has 0 atom stereocenters. The SMILES string of the molecule is C=C(C)CCCC(C)(C)C(N)=O. The molecule has 12 heavy (non-hydrogen) atoms. The molecule has 0 aromatic rings. The highest BCUT2D eigenvalue weighted by molar-refractivity contribution is 5.79. The van der Waals surface area contributed by atoms with Gasteiger partial charge >= 0.3 is 0 Å². The molecule has 1 amide bonds. The summed E-state index contributed by atoms with van der Waals surface area (Å²) in [7, 11) is 0. The number of hydrogen-bond donors (Lipinski definition) is 1. The van der Waals surface area contributed by atoms with E-state index in [0.29, 0.717) is 0 Å². The van der Waals surface area contributed by atoms with Crippen molar-refractivity contribution in [1.29, 1.82) is 0 Å². The number of carbonyl (C=O) groups excluding carboxylic acids is 1. The van der Waals surface area contributed by atoms with Crippen LogP contribution in [-0.2, 0) is 4.79 Å². The third-order valence-electron chi connectivity index (χ3n) is 2.07. The van der Waals surface area contributed by atoms with Gasteiger partial charge in [-0.05, 0) is 26.2 Å². The molecule has 0 fully saturated rings. The number of amides is 1. The zero-order valence-electron chi connectivity index (χ0n) is 8.31. The Morgan fingerprint density at radius 2 is 2.00 bits per heavy atom. The second-order valence-corrected chi connectivity index (χ2v) is 4.06. The minimum atomic E-state index is -0.366. The van der Waals surface area contributed by atoms with Gasteiger partial charge in [0.2, 0.25) is 5.91 Å². The number of allylic oxidation sites excluding steroid dienone is 1. The highest BCUT2D eigenvalue weighted by atomic mass is 16.1. The molecule has 0 saturated heterocycles. The van der Waals surface area contributed by atoms with Crippen LogP contribution in [-0.4, -0.2) is 5.91 Å². The smallest absolute Gasteiger partial charge is 0.223 e. The van der Waals surface area contributed by atoms with E-state index in [1.54, 1.807) is 0 Å². The summed E-state index contributed by atoms with van der Waals surface area (Å²) in [5, 5.41) is 0. The van der Waals surface area contributed by atoms with E-state index in [1.165, 1.54) is 0 Å². The van der Waals surface area contributed by atoms with Crippen LogP contribution < -0.4 is 5.73 Å². The summed E-state index contributed by atoms with van der Waals surface area (Å²) in [6, 6.07) is 0. The molecule has 0 bridgehead atoms. The maximum Gasteiger partial charge on any atom is 0.223 e. The molecule has 2 heteroatoms. The van der Waals surface area contributed by atoms with Crippen LogP contribution in [0.15, 0.2) is 12.2 Å². The fourth-order valence-corrected chi connectivity index (χ4v) is 0.955. The predicted molar refractivity (Wildman–Crippen MR) is 51.6 cm³/mol. The zero-order chi connectivity index (χ0) is 9.78. The Kier molecular flexibility index (Phi) is 4.01. The molecule has 0 aliphatic carbocycles. The van der Waals surface area contributed by atoms with Crippen LogP contribution in [0.25, 0.3) is 0 Å². The number of rotatable bonds is 5. The Morgan fingerprint density at radius 1 is 1.50 bits per heavy atom. The Balaban J connectivity index is 3.76. The van der Waals surface area contributed by atoms with E-state index in [-0.39, 0.29) is 11.3 Å². The molecular formula is C10H19NO. The topological polar surface area (TPSA) is 43.1 Å². The normalized spacial score (nSPS) is 11.2. The average molecular weight is 169 g/mol. The molecule has 0 aliphatic heterocycles. The van der Waals surface area contributed by atoms with E-state index in [9.17, 15) is 4.79 Å². The first-order chi connectivity index (χ1) is 5.36. The quantitative estimate of drug-likeness (QED) is 0.630. The number of carbonyl (C=O) groups is 1. The Labute approximate surface area is 74.8 Å². The standard InChI is InChI=1S/C10H19NO/c1-8(2)6-5-7-10(3,4)9(11)12/h1,5-7H2,2-4H3,(H2,11,12). The van der Waals surface area contributed by atoms with E-state index in [0.717, 1.165) is 24.8 Å². The molecule has 2 nitrogen and oxygen atoms in total. The van der Waals surface area contributed by atoms with Crippen LogP contribution in [0.2, 0.25) is 0 Å². The number of nitrogens with two attached hydrogens (primary N) is 1. The lowest BCUT2D eigenvalue weighted by atomic mass is 9.86. The third-order valence-corrected chi connectivity index (χ3v) is 2.07. The van der Waals surface area contributed by atoms with Crippen molar-refractivity contribution in [3.05, 3.63) is 12.2 Å². The molecule has 0 aromatic carbocycles. The first kappa shape index (κ1) is 11.2. The van der Waals surface area contributed by atoms with Crippen LogP contribution in [0.5, 0.6) is 0 Å². The van der Waals surface area contributed by atoms with Gasteiger partial charge in [0.15, 0.2) is 0 Å². The highest BCUT2D eigenvalue weighted by Gasteiger charge is 2.23. The van der Waals surface area contributed by atoms with E-state index in [4.69, 9.17) is 5.73 Å². The van der Waals surface area contributed by atoms with Crippen molar-refractivity contribution in [2.45, 2.75) is 40.0 Å². The predicted octanol–water partition coefficient (Wildman–Crippen LogP) is 2.24. The van der Waals surface area contributed by atoms with E-state index < -0.39 is 0 Å². The minimum Gasteiger partial charge on any atom is -0.369 e. The van der Waals surface area contributed by atoms with Gasteiger partial charge in [-0.15, -0.1) is 6.58 Å². The van der Waals surface area contributed by atoms with E-state index in [1.807, 2.05) is 20.8 Å². The Bertz CT molecular complexity index is 182. The van der Waals surface area contributed by atoms with E-state index in [2.05, 4.69) is 6.58 Å². The molecule has 0 aromatic heterocycles. The summed E-state index contributed by atoms with van der Waals surface area (Å²) in [4.78, 5) is 10.9. The molecule has 0 aliphatic rings. The molecule has 70 valence electrons. The lowest BCUT2D eigenvalue weighted by molar-refractivity contribution is -0.126. The number of hydrogen-bond acceptors (Lipinski definition) is 1. The molecule has 2 N–H and O–H groups in total. The highest BCUT2D eigenvalue weighted by Crippen LogP contribution is 2.23. The van der Waals surface area contributed by atoms with E-state index >= 15 is 0 Å². The van der Waals surface area contributed by atoms with Gasteiger partial charge in [0.1, 0.15) is 0 Å². The van der Waals surface area contributed by atoms with Crippen molar-refractivity contribution >= 4 is 5.91 Å². The summed E-state index contributed by atoms with van der Waals surface area (Å²) >= 11 is 0. The van der Waals surface area contributed by atoms with Crippen molar-refractivity contribution in [3.8, 4) is 0 Å². The molecular weight excluding hydrogens is 150 g/mol. The maximum atomic E-state index is 10.9. The fourth-order valence-electron chi connectivity index (χ4n) is 0.955. The largest absolute Gasteiger partial charge is 0.369 e. The first-order valence-electron chi connectivity index (χ1n) is 4.30. The van der Waals surface area contributed by atoms with Crippen molar-refractivity contribution < 1.29 is 4.79 Å². The monoisotopic (exact) mass is 169 g/mol. The summed E-state index contributed by atoms with van der Waals surface area (Å²) in [5.74, 6) is -0.218. The second kappa shape index (κ2) is 4.29. The molecule has 0 rings (SSSR count). The van der Waals surface area contributed by atoms with Gasteiger partial charge in [0.25, 0.3) is 0 Å². The van der Waals surface area contributed by atoms with Gasteiger partial charge in [-0.2, -0.15) is 0 Å². The number of primary amides is 1. The van der Waals surface area contributed by atoms with Crippen LogP contribution in [0, 0.1) is 5.41 Å². The Hall–Kier alpha value is -0.790. The lowest BCUT2D eigenvalue weighted by Crippen LogP contribution is -2.31. The molecule has 0 saturated carbocycles. The van der Waals surface area contributed by atoms with Gasteiger partial charge < -0.3 is 5.73 Å². The van der Waals surface area contributed by atoms with Gasteiger partial charge in [-0.25, -0.2) is 0 Å². The summed E-state index contributed by atoms with van der Waals surface area (Å²) in [6.45, 7) is 9.57. The van der Waals surface area contributed by atoms with Crippen molar-refractivity contribution in [1.82, 2.24) is 0 Å². The summed E-state index contributed by atoms with van der Waals surface area (Å²) in [6.07, 6.45) is 2.82. The van der Waals surface area contributed by atoms with Gasteiger partial charge in [0.05, 0.1) is 0 Å². The zero-order valence-corrected chi connectivity index (χ0v) is 8.31. The Morgan fingerprint density at radius 3 is 2.33 bits per heavy atom. The van der Waals surface area contributed by atoms with Crippen LogP contribution in [0.4, 0.5) is 0 Å². The van der Waals surface area contributed by atoms with Crippen LogP contribution in [0.3, 0.4) is 0 Å².